The van der Waals surface area contributed by atoms with E-state index in [1.165, 1.54) is 0 Å². The van der Waals surface area contributed by atoms with Gasteiger partial charge in [0.2, 0.25) is 5.78 Å². The number of benzene rings is 2. The summed E-state index contributed by atoms with van der Waals surface area (Å²) in [5.41, 5.74) is 1.97. The predicted octanol–water partition coefficient (Wildman–Crippen LogP) is 4.39. The van der Waals surface area contributed by atoms with Crippen LogP contribution < -0.4 is 10.3 Å². The van der Waals surface area contributed by atoms with Gasteiger partial charge in [0.05, 0.1) is 18.0 Å². The van der Waals surface area contributed by atoms with E-state index in [0.717, 1.165) is 34.2 Å². The Bertz CT molecular complexity index is 1210. The molecule has 0 aliphatic carbocycles. The van der Waals surface area contributed by atoms with Gasteiger partial charge < -0.3 is 4.74 Å². The van der Waals surface area contributed by atoms with E-state index < -0.39 is 0 Å². The lowest BCUT2D eigenvalue weighted by atomic mass is 10.1. The van der Waals surface area contributed by atoms with Gasteiger partial charge in [-0.1, -0.05) is 49.9 Å². The van der Waals surface area contributed by atoms with E-state index in [1.54, 1.807) is 23.4 Å². The van der Waals surface area contributed by atoms with Gasteiger partial charge >= 0.3 is 0 Å². The number of thioether (sulfide) groups is 1. The van der Waals surface area contributed by atoms with Crippen molar-refractivity contribution < 1.29 is 4.74 Å². The molecule has 4 rings (SSSR count). The second-order valence-electron chi connectivity index (χ2n) is 7.41. The van der Waals surface area contributed by atoms with Gasteiger partial charge in [-0.15, -0.1) is 10.2 Å². The van der Waals surface area contributed by atoms with Gasteiger partial charge in [-0.2, -0.15) is 0 Å². The van der Waals surface area contributed by atoms with Crippen LogP contribution in [-0.4, -0.2) is 26.3 Å². The van der Waals surface area contributed by atoms with Gasteiger partial charge in [-0.3, -0.25) is 13.8 Å². The van der Waals surface area contributed by atoms with Crippen molar-refractivity contribution in [2.75, 3.05) is 7.11 Å². The predicted molar refractivity (Wildman–Crippen MR) is 117 cm³/mol. The summed E-state index contributed by atoms with van der Waals surface area (Å²) >= 11 is 1.60. The number of rotatable bonds is 7. The lowest BCUT2D eigenvalue weighted by molar-refractivity contribution is 0.414. The van der Waals surface area contributed by atoms with Crippen molar-refractivity contribution in [3.8, 4) is 5.75 Å². The summed E-state index contributed by atoms with van der Waals surface area (Å²) in [7, 11) is 1.67. The minimum absolute atomic E-state index is 0.00880. The van der Waals surface area contributed by atoms with Crippen LogP contribution in [0, 0.1) is 5.92 Å². The SMILES string of the molecule is COc1cccc(CSc2nnc3n(CCC(C)C)c(=O)c4ccccc4n23)c1. The van der Waals surface area contributed by atoms with Crippen LogP contribution in [0.1, 0.15) is 25.8 Å². The number of aromatic nitrogens is 4. The smallest absolute Gasteiger partial charge is 0.262 e. The molecule has 2 aromatic heterocycles. The Labute approximate surface area is 173 Å². The molecule has 29 heavy (non-hydrogen) atoms. The highest BCUT2D eigenvalue weighted by atomic mass is 32.2. The molecule has 6 nitrogen and oxygen atoms in total. The van der Waals surface area contributed by atoms with E-state index in [-0.39, 0.29) is 5.56 Å². The van der Waals surface area contributed by atoms with Crippen molar-refractivity contribution in [1.29, 1.82) is 0 Å². The molecule has 0 amide bonds. The third-order valence-corrected chi connectivity index (χ3v) is 5.91. The Hall–Kier alpha value is -2.80. The first kappa shape index (κ1) is 19.5. The van der Waals surface area contributed by atoms with E-state index in [4.69, 9.17) is 4.74 Å². The van der Waals surface area contributed by atoms with E-state index in [1.807, 2.05) is 46.9 Å². The molecule has 0 saturated carbocycles. The maximum absolute atomic E-state index is 13.1. The van der Waals surface area contributed by atoms with Crippen molar-refractivity contribution in [1.82, 2.24) is 19.2 Å². The molecule has 7 heteroatoms. The summed E-state index contributed by atoms with van der Waals surface area (Å²) in [5, 5.41) is 10.3. The van der Waals surface area contributed by atoms with Gasteiger partial charge in [0.1, 0.15) is 5.75 Å². The molecule has 0 unspecified atom stereocenters. The molecule has 0 bridgehead atoms. The van der Waals surface area contributed by atoms with Crippen LogP contribution in [0.5, 0.6) is 5.75 Å². The molecular weight excluding hydrogens is 384 g/mol. The Morgan fingerprint density at radius 1 is 1.10 bits per heavy atom. The molecule has 0 spiro atoms. The highest BCUT2D eigenvalue weighted by Gasteiger charge is 2.17. The third kappa shape index (κ3) is 3.87. The molecule has 2 aromatic carbocycles. The van der Waals surface area contributed by atoms with Crippen LogP contribution in [0.25, 0.3) is 16.7 Å². The van der Waals surface area contributed by atoms with Crippen LogP contribution in [-0.2, 0) is 12.3 Å². The number of hydrogen-bond acceptors (Lipinski definition) is 5. The highest BCUT2D eigenvalue weighted by molar-refractivity contribution is 7.98. The van der Waals surface area contributed by atoms with E-state index in [0.29, 0.717) is 23.6 Å². The normalized spacial score (nSPS) is 11.6. The molecule has 150 valence electrons. The van der Waals surface area contributed by atoms with Crippen LogP contribution >= 0.6 is 11.8 Å². The van der Waals surface area contributed by atoms with Crippen molar-refractivity contribution >= 4 is 28.4 Å². The number of aryl methyl sites for hydroxylation is 1. The molecule has 0 aliphatic rings. The van der Waals surface area contributed by atoms with Crippen molar-refractivity contribution in [2.24, 2.45) is 5.92 Å². The van der Waals surface area contributed by atoms with E-state index >= 15 is 0 Å². The molecule has 0 aliphatic heterocycles. The minimum Gasteiger partial charge on any atom is -0.497 e. The van der Waals surface area contributed by atoms with Crippen LogP contribution in [0.4, 0.5) is 0 Å². The average molecular weight is 409 g/mol. The number of nitrogens with zero attached hydrogens (tertiary/aromatic N) is 4. The second kappa shape index (κ2) is 8.29. The fourth-order valence-electron chi connectivity index (χ4n) is 3.33. The van der Waals surface area contributed by atoms with Gasteiger partial charge in [0.25, 0.3) is 5.56 Å². The fourth-order valence-corrected chi connectivity index (χ4v) is 4.21. The quantitative estimate of drug-likeness (QED) is 0.425. The number of fused-ring (bicyclic) bond motifs is 3. The third-order valence-electron chi connectivity index (χ3n) is 4.91. The van der Waals surface area contributed by atoms with Crippen LogP contribution in [0.3, 0.4) is 0 Å². The summed E-state index contributed by atoms with van der Waals surface area (Å²) in [6.07, 6.45) is 0.910. The zero-order valence-electron chi connectivity index (χ0n) is 16.8. The van der Waals surface area contributed by atoms with Gasteiger partial charge in [-0.05, 0) is 42.2 Å². The first-order valence-electron chi connectivity index (χ1n) is 9.71. The summed E-state index contributed by atoms with van der Waals surface area (Å²) in [4.78, 5) is 13.1. The fraction of sp³-hybridized carbons (Fsp3) is 0.318. The molecule has 0 radical (unpaired) electrons. The van der Waals surface area contributed by atoms with E-state index in [9.17, 15) is 4.79 Å². The molecule has 0 atom stereocenters. The lowest BCUT2D eigenvalue weighted by Gasteiger charge is -2.12. The summed E-state index contributed by atoms with van der Waals surface area (Å²) < 4.78 is 9.07. The van der Waals surface area contributed by atoms with Crippen LogP contribution in [0.2, 0.25) is 0 Å². The second-order valence-corrected chi connectivity index (χ2v) is 8.36. The first-order valence-corrected chi connectivity index (χ1v) is 10.7. The Morgan fingerprint density at radius 3 is 2.72 bits per heavy atom. The lowest BCUT2D eigenvalue weighted by Crippen LogP contribution is -2.24. The Morgan fingerprint density at radius 2 is 1.93 bits per heavy atom. The zero-order chi connectivity index (χ0) is 20.4. The monoisotopic (exact) mass is 408 g/mol. The van der Waals surface area contributed by atoms with Gasteiger partial charge in [-0.25, -0.2) is 0 Å². The Kier molecular flexibility index (Phi) is 5.58. The summed E-state index contributed by atoms with van der Waals surface area (Å²) in [5.74, 6) is 2.67. The summed E-state index contributed by atoms with van der Waals surface area (Å²) in [6.45, 7) is 4.94. The first-order chi connectivity index (χ1) is 14.1. The average Bonchev–Trinajstić information content (AvgIpc) is 3.16. The minimum atomic E-state index is -0.00880. The number of ether oxygens (including phenoxy) is 1. The topological polar surface area (TPSA) is 61.4 Å². The molecule has 0 fully saturated rings. The summed E-state index contributed by atoms with van der Waals surface area (Å²) in [6, 6.07) is 15.7. The largest absolute Gasteiger partial charge is 0.497 e. The van der Waals surface area contributed by atoms with Crippen molar-refractivity contribution in [3.05, 3.63) is 64.4 Å². The Balaban J connectivity index is 1.78. The maximum atomic E-state index is 13.1. The molecule has 0 N–H and O–H groups in total. The van der Waals surface area contributed by atoms with Crippen molar-refractivity contribution in [3.63, 3.8) is 0 Å². The van der Waals surface area contributed by atoms with Gasteiger partial charge in [0, 0.05) is 12.3 Å². The maximum Gasteiger partial charge on any atom is 0.262 e. The standard InChI is InChI=1S/C22H24N4O2S/c1-15(2)11-12-25-20(27)18-9-4-5-10-19(18)26-21(25)23-24-22(26)29-14-16-7-6-8-17(13-16)28-3/h4-10,13,15H,11-12,14H2,1-3H3. The van der Waals surface area contributed by atoms with Crippen molar-refractivity contribution in [2.45, 2.75) is 37.7 Å². The highest BCUT2D eigenvalue weighted by Crippen LogP contribution is 2.26. The molecule has 0 saturated heterocycles. The number of hydrogen-bond donors (Lipinski definition) is 0. The number of para-hydroxylation sites is 1. The van der Waals surface area contributed by atoms with E-state index in [2.05, 4.69) is 30.1 Å². The zero-order valence-corrected chi connectivity index (χ0v) is 17.6. The van der Waals surface area contributed by atoms with Gasteiger partial charge in [0.15, 0.2) is 5.16 Å². The molecular formula is C22H24N4O2S. The molecule has 2 heterocycles. The van der Waals surface area contributed by atoms with Crippen LogP contribution in [0.15, 0.2) is 58.5 Å². The number of methoxy groups -OCH3 is 1. The molecule has 4 aromatic rings.